The van der Waals surface area contributed by atoms with Crippen LogP contribution in [0.4, 0.5) is 5.95 Å². The Morgan fingerprint density at radius 2 is 1.75 bits per heavy atom. The van der Waals surface area contributed by atoms with Crippen molar-refractivity contribution in [2.75, 3.05) is 24.5 Å². The van der Waals surface area contributed by atoms with E-state index in [0.29, 0.717) is 17.5 Å². The van der Waals surface area contributed by atoms with Gasteiger partial charge >= 0.3 is 0 Å². The van der Waals surface area contributed by atoms with E-state index in [9.17, 15) is 8.42 Å². The predicted octanol–water partition coefficient (Wildman–Crippen LogP) is 2.32. The topological polar surface area (TPSA) is 75.2 Å². The van der Waals surface area contributed by atoms with E-state index in [4.69, 9.17) is 11.6 Å². The van der Waals surface area contributed by atoms with Gasteiger partial charge in [-0.2, -0.15) is 0 Å². The minimum absolute atomic E-state index is 0.238. The number of rotatable bonds is 5. The fraction of sp³-hybridized carbons (Fsp3) is 0.375. The summed E-state index contributed by atoms with van der Waals surface area (Å²) >= 11 is 5.79. The van der Waals surface area contributed by atoms with E-state index in [1.165, 1.54) is 12.1 Å². The van der Waals surface area contributed by atoms with E-state index in [2.05, 4.69) is 19.6 Å². The van der Waals surface area contributed by atoms with Gasteiger partial charge in [-0.25, -0.2) is 23.1 Å². The molecule has 128 valence electrons. The van der Waals surface area contributed by atoms with Crippen molar-refractivity contribution in [3.8, 4) is 0 Å². The monoisotopic (exact) mass is 366 g/mol. The lowest BCUT2D eigenvalue weighted by Crippen LogP contribution is -2.39. The van der Waals surface area contributed by atoms with Gasteiger partial charge in [-0.15, -0.1) is 0 Å². The molecule has 24 heavy (non-hydrogen) atoms. The number of aromatic nitrogens is 2. The highest BCUT2D eigenvalue weighted by Crippen LogP contribution is 2.20. The average molecular weight is 367 g/mol. The third-order valence-electron chi connectivity index (χ3n) is 4.14. The van der Waals surface area contributed by atoms with Crippen LogP contribution in [0, 0.1) is 5.92 Å². The molecule has 0 unspecified atom stereocenters. The van der Waals surface area contributed by atoms with Crippen molar-refractivity contribution in [1.29, 1.82) is 0 Å². The Kier molecular flexibility index (Phi) is 5.33. The zero-order valence-corrected chi connectivity index (χ0v) is 14.7. The summed E-state index contributed by atoms with van der Waals surface area (Å²) < 4.78 is 27.3. The van der Waals surface area contributed by atoms with E-state index in [1.54, 1.807) is 30.6 Å². The fourth-order valence-corrected chi connectivity index (χ4v) is 3.96. The minimum Gasteiger partial charge on any atom is -0.341 e. The van der Waals surface area contributed by atoms with Crippen molar-refractivity contribution >= 4 is 27.6 Å². The Morgan fingerprint density at radius 3 is 2.38 bits per heavy atom. The number of nitrogens with zero attached hydrogens (tertiary/aromatic N) is 3. The summed E-state index contributed by atoms with van der Waals surface area (Å²) in [5.74, 6) is 1.05. The van der Waals surface area contributed by atoms with Crippen molar-refractivity contribution < 1.29 is 8.42 Å². The van der Waals surface area contributed by atoms with Gasteiger partial charge in [0.25, 0.3) is 0 Å². The zero-order valence-electron chi connectivity index (χ0n) is 13.1. The van der Waals surface area contributed by atoms with Gasteiger partial charge in [-0.3, -0.25) is 0 Å². The SMILES string of the molecule is O=S(=O)(NCC1CCN(c2ncccn2)CC1)c1ccc(Cl)cc1. The highest BCUT2D eigenvalue weighted by Gasteiger charge is 2.23. The second-order valence-electron chi connectivity index (χ2n) is 5.79. The summed E-state index contributed by atoms with van der Waals surface area (Å²) in [6.45, 7) is 2.10. The number of piperidine rings is 1. The first-order chi connectivity index (χ1) is 11.5. The van der Waals surface area contributed by atoms with E-state index in [0.717, 1.165) is 31.9 Å². The van der Waals surface area contributed by atoms with Crippen LogP contribution in [0.2, 0.25) is 5.02 Å². The summed E-state index contributed by atoms with van der Waals surface area (Å²) in [7, 11) is -3.49. The molecule has 0 spiro atoms. The van der Waals surface area contributed by atoms with Gasteiger partial charge in [0.1, 0.15) is 0 Å². The number of hydrogen-bond acceptors (Lipinski definition) is 5. The summed E-state index contributed by atoms with van der Waals surface area (Å²) in [6.07, 6.45) is 5.27. The van der Waals surface area contributed by atoms with Gasteiger partial charge in [0.2, 0.25) is 16.0 Å². The van der Waals surface area contributed by atoms with Crippen LogP contribution in [-0.4, -0.2) is 38.0 Å². The molecule has 1 aliphatic rings. The summed E-state index contributed by atoms with van der Waals surface area (Å²) in [5.41, 5.74) is 0. The Bertz CT molecular complexity index is 760. The van der Waals surface area contributed by atoms with Crippen LogP contribution in [0.1, 0.15) is 12.8 Å². The summed E-state index contributed by atoms with van der Waals surface area (Å²) in [6, 6.07) is 7.98. The molecule has 0 bridgehead atoms. The Labute approximate surface area is 146 Å². The Balaban J connectivity index is 1.52. The normalized spacial score (nSPS) is 16.3. The van der Waals surface area contributed by atoms with Crippen molar-refractivity contribution in [3.63, 3.8) is 0 Å². The molecule has 2 aromatic rings. The molecule has 1 fully saturated rings. The maximum absolute atomic E-state index is 12.3. The number of halogens is 1. The Morgan fingerprint density at radius 1 is 1.12 bits per heavy atom. The zero-order chi connectivity index (χ0) is 17.0. The molecule has 1 saturated heterocycles. The maximum Gasteiger partial charge on any atom is 0.240 e. The molecular formula is C16H19ClN4O2S. The molecule has 1 N–H and O–H groups in total. The number of benzene rings is 1. The largest absolute Gasteiger partial charge is 0.341 e. The second kappa shape index (κ2) is 7.46. The first-order valence-electron chi connectivity index (χ1n) is 7.82. The molecule has 3 rings (SSSR count). The molecule has 0 saturated carbocycles. The molecule has 2 heterocycles. The molecule has 6 nitrogen and oxygen atoms in total. The predicted molar refractivity (Wildman–Crippen MR) is 93.6 cm³/mol. The molecule has 1 aromatic carbocycles. The van der Waals surface area contributed by atoms with Crippen molar-refractivity contribution in [2.45, 2.75) is 17.7 Å². The molecule has 1 aromatic heterocycles. The second-order valence-corrected chi connectivity index (χ2v) is 7.99. The first kappa shape index (κ1) is 17.1. The Hall–Kier alpha value is -1.70. The number of sulfonamides is 1. The minimum atomic E-state index is -3.49. The summed E-state index contributed by atoms with van der Waals surface area (Å²) in [5, 5.41) is 0.518. The van der Waals surface area contributed by atoms with Gasteiger partial charge < -0.3 is 4.90 Å². The van der Waals surface area contributed by atoms with Crippen LogP contribution < -0.4 is 9.62 Å². The average Bonchev–Trinajstić information content (AvgIpc) is 2.62. The molecule has 0 radical (unpaired) electrons. The van der Waals surface area contributed by atoms with Gasteiger partial charge in [0.05, 0.1) is 4.90 Å². The van der Waals surface area contributed by atoms with Crippen molar-refractivity contribution in [1.82, 2.24) is 14.7 Å². The lowest BCUT2D eigenvalue weighted by molar-refractivity contribution is 0.399. The van der Waals surface area contributed by atoms with Crippen LogP contribution in [-0.2, 0) is 10.0 Å². The van der Waals surface area contributed by atoms with E-state index >= 15 is 0 Å². The van der Waals surface area contributed by atoms with E-state index < -0.39 is 10.0 Å². The number of anilines is 1. The standard InChI is InChI=1S/C16H19ClN4O2S/c17-14-2-4-15(5-3-14)24(22,23)20-12-13-6-10-21(11-7-13)16-18-8-1-9-19-16/h1-5,8-9,13,20H,6-7,10-12H2. The third-order valence-corrected chi connectivity index (χ3v) is 5.83. The quantitative estimate of drug-likeness (QED) is 0.878. The van der Waals surface area contributed by atoms with E-state index in [1.807, 2.05) is 0 Å². The lowest BCUT2D eigenvalue weighted by Gasteiger charge is -2.31. The van der Waals surface area contributed by atoms with Crippen LogP contribution >= 0.6 is 11.6 Å². The molecule has 0 amide bonds. The smallest absolute Gasteiger partial charge is 0.240 e. The molecule has 0 atom stereocenters. The highest BCUT2D eigenvalue weighted by atomic mass is 35.5. The van der Waals surface area contributed by atoms with Crippen LogP contribution in [0.15, 0.2) is 47.6 Å². The van der Waals surface area contributed by atoms with Gasteiger partial charge in [-0.1, -0.05) is 11.6 Å². The van der Waals surface area contributed by atoms with Gasteiger partial charge in [0.15, 0.2) is 0 Å². The first-order valence-corrected chi connectivity index (χ1v) is 9.68. The third kappa shape index (κ3) is 4.23. The van der Waals surface area contributed by atoms with Crippen molar-refractivity contribution in [2.24, 2.45) is 5.92 Å². The van der Waals surface area contributed by atoms with Crippen molar-refractivity contribution in [3.05, 3.63) is 47.7 Å². The molecule has 0 aliphatic carbocycles. The molecule has 1 aliphatic heterocycles. The van der Waals surface area contributed by atoms with Gasteiger partial charge in [0, 0.05) is 37.1 Å². The van der Waals surface area contributed by atoms with Crippen LogP contribution in [0.5, 0.6) is 0 Å². The van der Waals surface area contributed by atoms with Crippen LogP contribution in [0.3, 0.4) is 0 Å². The highest BCUT2D eigenvalue weighted by molar-refractivity contribution is 7.89. The van der Waals surface area contributed by atoms with Crippen LogP contribution in [0.25, 0.3) is 0 Å². The molecular weight excluding hydrogens is 348 g/mol. The number of hydrogen-bond donors (Lipinski definition) is 1. The summed E-state index contributed by atoms with van der Waals surface area (Å²) in [4.78, 5) is 10.9. The maximum atomic E-state index is 12.3. The molecule has 8 heteroatoms. The number of nitrogens with one attached hydrogen (secondary N) is 1. The fourth-order valence-electron chi connectivity index (χ4n) is 2.72. The van der Waals surface area contributed by atoms with Gasteiger partial charge in [-0.05, 0) is 49.1 Å². The van der Waals surface area contributed by atoms with E-state index in [-0.39, 0.29) is 4.90 Å². The lowest BCUT2D eigenvalue weighted by atomic mass is 9.97.